The van der Waals surface area contributed by atoms with Gasteiger partial charge in [0.25, 0.3) is 0 Å². The molecule has 26 heavy (non-hydrogen) atoms. The molecule has 1 unspecified atom stereocenters. The summed E-state index contributed by atoms with van der Waals surface area (Å²) in [5.74, 6) is 2.05. The van der Waals surface area contributed by atoms with Gasteiger partial charge in [-0.25, -0.2) is 0 Å². The van der Waals surface area contributed by atoms with Gasteiger partial charge >= 0.3 is 0 Å². The maximum Gasteiger partial charge on any atom is 0.247 e. The number of aryl methyl sites for hydroxylation is 2. The molecular formula is C21H25N3O2. The molecule has 0 saturated heterocycles. The van der Waals surface area contributed by atoms with Gasteiger partial charge in [0.05, 0.1) is 6.04 Å². The van der Waals surface area contributed by atoms with Gasteiger partial charge in [-0.2, -0.15) is 0 Å². The number of ether oxygens (including phenoxy) is 1. The summed E-state index contributed by atoms with van der Waals surface area (Å²) in [6.45, 7) is 7.53. The molecule has 0 aliphatic rings. The minimum Gasteiger partial charge on any atom is -0.492 e. The molecule has 0 spiro atoms. The van der Waals surface area contributed by atoms with E-state index in [-0.39, 0.29) is 6.04 Å². The third kappa shape index (κ3) is 4.49. The minimum atomic E-state index is 0.0170. The highest BCUT2D eigenvalue weighted by Gasteiger charge is 2.19. The fourth-order valence-electron chi connectivity index (χ4n) is 2.54. The monoisotopic (exact) mass is 351 g/mol. The van der Waals surface area contributed by atoms with E-state index in [9.17, 15) is 0 Å². The topological polar surface area (TPSA) is 51.4 Å². The fraction of sp³-hybridized carbons (Fsp3) is 0.333. The normalized spacial score (nSPS) is 12.3. The molecule has 2 aromatic carbocycles. The van der Waals surface area contributed by atoms with Gasteiger partial charge in [-0.15, -0.1) is 10.2 Å². The molecule has 5 nitrogen and oxygen atoms in total. The molecule has 0 N–H and O–H groups in total. The Balaban J connectivity index is 1.55. The van der Waals surface area contributed by atoms with Crippen LogP contribution in [0.1, 0.15) is 30.0 Å². The molecule has 0 fully saturated rings. The average molecular weight is 351 g/mol. The third-order valence-electron chi connectivity index (χ3n) is 4.49. The van der Waals surface area contributed by atoms with Crippen molar-refractivity contribution in [1.29, 1.82) is 0 Å². The maximum atomic E-state index is 5.87. The Morgan fingerprint density at radius 3 is 2.23 bits per heavy atom. The first kappa shape index (κ1) is 18.1. The Morgan fingerprint density at radius 2 is 1.58 bits per heavy atom. The highest BCUT2D eigenvalue weighted by molar-refractivity contribution is 5.52. The van der Waals surface area contributed by atoms with Crippen LogP contribution in [0.3, 0.4) is 0 Å². The smallest absolute Gasteiger partial charge is 0.247 e. The molecule has 0 bridgehead atoms. The predicted molar refractivity (Wildman–Crippen MR) is 102 cm³/mol. The van der Waals surface area contributed by atoms with E-state index >= 15 is 0 Å². The number of hydrogen-bond donors (Lipinski definition) is 0. The summed E-state index contributed by atoms with van der Waals surface area (Å²) in [7, 11) is 2.03. The van der Waals surface area contributed by atoms with E-state index in [1.807, 2.05) is 55.6 Å². The molecule has 136 valence electrons. The van der Waals surface area contributed by atoms with Crippen molar-refractivity contribution in [3.8, 4) is 17.2 Å². The Morgan fingerprint density at radius 1 is 0.962 bits per heavy atom. The van der Waals surface area contributed by atoms with Gasteiger partial charge in [0, 0.05) is 12.1 Å². The van der Waals surface area contributed by atoms with Crippen LogP contribution in [0.4, 0.5) is 0 Å². The number of nitrogens with zero attached hydrogens (tertiary/aromatic N) is 3. The third-order valence-corrected chi connectivity index (χ3v) is 4.49. The van der Waals surface area contributed by atoms with Crippen LogP contribution in [0.25, 0.3) is 11.5 Å². The van der Waals surface area contributed by atoms with E-state index in [1.165, 1.54) is 11.1 Å². The molecular weight excluding hydrogens is 326 g/mol. The van der Waals surface area contributed by atoms with Gasteiger partial charge in [0.1, 0.15) is 12.4 Å². The Kier molecular flexibility index (Phi) is 5.68. The van der Waals surface area contributed by atoms with Gasteiger partial charge < -0.3 is 9.15 Å². The molecule has 3 aromatic rings. The second kappa shape index (κ2) is 8.15. The predicted octanol–water partition coefficient (Wildman–Crippen LogP) is 4.43. The summed E-state index contributed by atoms with van der Waals surface area (Å²) < 4.78 is 11.7. The van der Waals surface area contributed by atoms with Gasteiger partial charge in [0.2, 0.25) is 11.8 Å². The summed E-state index contributed by atoms with van der Waals surface area (Å²) in [6.07, 6.45) is 0. The molecule has 0 amide bonds. The SMILES string of the molecule is Cc1ccc(OCCN(C)C(C)c2nnc(-c3ccc(C)cc3)o2)cc1. The summed E-state index contributed by atoms with van der Waals surface area (Å²) in [6, 6.07) is 16.2. The quantitative estimate of drug-likeness (QED) is 0.630. The molecule has 3 rings (SSSR count). The van der Waals surface area contributed by atoms with Crippen LogP contribution in [-0.4, -0.2) is 35.3 Å². The summed E-state index contributed by atoms with van der Waals surface area (Å²) in [5.41, 5.74) is 3.37. The van der Waals surface area contributed by atoms with Crippen LogP contribution in [0.2, 0.25) is 0 Å². The first-order chi connectivity index (χ1) is 12.5. The second-order valence-corrected chi connectivity index (χ2v) is 6.63. The molecule has 1 atom stereocenters. The van der Waals surface area contributed by atoms with Crippen molar-refractivity contribution in [2.75, 3.05) is 20.2 Å². The molecule has 0 aliphatic heterocycles. The van der Waals surface area contributed by atoms with E-state index in [4.69, 9.17) is 9.15 Å². The van der Waals surface area contributed by atoms with Crippen molar-refractivity contribution in [3.05, 3.63) is 65.5 Å². The number of benzene rings is 2. The van der Waals surface area contributed by atoms with Crippen LogP contribution in [-0.2, 0) is 0 Å². The maximum absolute atomic E-state index is 5.87. The molecule has 0 saturated carbocycles. The zero-order valence-electron chi connectivity index (χ0n) is 15.8. The second-order valence-electron chi connectivity index (χ2n) is 6.63. The largest absolute Gasteiger partial charge is 0.492 e. The molecule has 0 aliphatic carbocycles. The van der Waals surface area contributed by atoms with Crippen molar-refractivity contribution < 1.29 is 9.15 Å². The standard InChI is InChI=1S/C21H25N3O2/c1-15-5-9-18(10-6-15)21-23-22-20(26-21)17(3)24(4)13-14-25-19-11-7-16(2)8-12-19/h5-12,17H,13-14H2,1-4H3. The number of aromatic nitrogens is 2. The van der Waals surface area contributed by atoms with E-state index in [0.717, 1.165) is 17.9 Å². The first-order valence-corrected chi connectivity index (χ1v) is 8.83. The van der Waals surface area contributed by atoms with Crippen LogP contribution >= 0.6 is 0 Å². The van der Waals surface area contributed by atoms with Crippen molar-refractivity contribution in [1.82, 2.24) is 15.1 Å². The molecule has 5 heteroatoms. The highest BCUT2D eigenvalue weighted by atomic mass is 16.5. The van der Waals surface area contributed by atoms with Crippen LogP contribution in [0.5, 0.6) is 5.75 Å². The lowest BCUT2D eigenvalue weighted by Gasteiger charge is -2.21. The van der Waals surface area contributed by atoms with Crippen molar-refractivity contribution in [3.63, 3.8) is 0 Å². The van der Waals surface area contributed by atoms with Crippen LogP contribution in [0.15, 0.2) is 52.9 Å². The zero-order valence-corrected chi connectivity index (χ0v) is 15.8. The van der Waals surface area contributed by atoms with Crippen LogP contribution < -0.4 is 4.74 Å². The highest BCUT2D eigenvalue weighted by Crippen LogP contribution is 2.23. The lowest BCUT2D eigenvalue weighted by Crippen LogP contribution is -2.27. The van der Waals surface area contributed by atoms with Gasteiger partial charge in [-0.3, -0.25) is 4.90 Å². The summed E-state index contributed by atoms with van der Waals surface area (Å²) in [4.78, 5) is 2.14. The fourth-order valence-corrected chi connectivity index (χ4v) is 2.54. The molecule has 1 heterocycles. The van der Waals surface area contributed by atoms with E-state index in [2.05, 4.69) is 35.9 Å². The van der Waals surface area contributed by atoms with Crippen molar-refractivity contribution in [2.24, 2.45) is 0 Å². The first-order valence-electron chi connectivity index (χ1n) is 8.83. The van der Waals surface area contributed by atoms with Crippen LogP contribution in [0, 0.1) is 13.8 Å². The number of likely N-dealkylation sites (N-methyl/N-ethyl adjacent to an activating group) is 1. The van der Waals surface area contributed by atoms with E-state index < -0.39 is 0 Å². The Hall–Kier alpha value is -2.66. The zero-order chi connectivity index (χ0) is 18.5. The number of rotatable bonds is 7. The number of hydrogen-bond acceptors (Lipinski definition) is 5. The summed E-state index contributed by atoms with van der Waals surface area (Å²) >= 11 is 0. The Bertz CT molecular complexity index is 825. The average Bonchev–Trinajstić information content (AvgIpc) is 3.13. The lowest BCUT2D eigenvalue weighted by molar-refractivity contribution is 0.182. The lowest BCUT2D eigenvalue weighted by atomic mass is 10.1. The van der Waals surface area contributed by atoms with Crippen molar-refractivity contribution >= 4 is 0 Å². The molecule has 1 aromatic heterocycles. The molecule has 0 radical (unpaired) electrons. The minimum absolute atomic E-state index is 0.0170. The van der Waals surface area contributed by atoms with E-state index in [1.54, 1.807) is 0 Å². The Labute approximate surface area is 154 Å². The summed E-state index contributed by atoms with van der Waals surface area (Å²) in [5, 5.41) is 8.39. The van der Waals surface area contributed by atoms with Crippen molar-refractivity contribution in [2.45, 2.75) is 26.8 Å². The van der Waals surface area contributed by atoms with E-state index in [0.29, 0.717) is 18.4 Å². The van der Waals surface area contributed by atoms with Gasteiger partial charge in [0.15, 0.2) is 0 Å². The van der Waals surface area contributed by atoms with Gasteiger partial charge in [-0.1, -0.05) is 35.4 Å². The van der Waals surface area contributed by atoms with Gasteiger partial charge in [-0.05, 0) is 52.1 Å².